The zero-order valence-corrected chi connectivity index (χ0v) is 8.06. The molecular weight excluding hydrogens is 182 g/mol. The average molecular weight is 197 g/mol. The molecule has 3 aliphatic heterocycles. The van der Waals surface area contributed by atoms with Crippen LogP contribution in [0.1, 0.15) is 19.3 Å². The summed E-state index contributed by atoms with van der Waals surface area (Å²) in [6.07, 6.45) is 7.36. The Morgan fingerprint density at radius 3 is 3.21 bits per heavy atom. The summed E-state index contributed by atoms with van der Waals surface area (Å²) in [6, 6.07) is 0. The number of nitrogens with zero attached hydrogens (tertiary/aromatic N) is 2. The van der Waals surface area contributed by atoms with E-state index in [1.165, 1.54) is 31.2 Å². The molecule has 0 saturated carbocycles. The number of fused-ring (bicyclic) bond motifs is 2. The van der Waals surface area contributed by atoms with Crippen LogP contribution >= 0.6 is 0 Å². The van der Waals surface area contributed by atoms with Gasteiger partial charge in [0.15, 0.2) is 0 Å². The van der Waals surface area contributed by atoms with Crippen molar-refractivity contribution in [2.75, 3.05) is 13.1 Å². The zero-order valence-electron chi connectivity index (χ0n) is 8.06. The lowest BCUT2D eigenvalue weighted by Crippen LogP contribution is -2.42. The molecular formula is C9H15N3O2. The molecule has 0 aromatic carbocycles. The summed E-state index contributed by atoms with van der Waals surface area (Å²) in [6.45, 7) is 2.36. The third kappa shape index (κ3) is 1.47. The van der Waals surface area contributed by atoms with E-state index in [0.717, 1.165) is 12.3 Å². The summed E-state index contributed by atoms with van der Waals surface area (Å²) in [5.41, 5.74) is 2.61. The van der Waals surface area contributed by atoms with Crippen molar-refractivity contribution in [1.82, 2.24) is 15.6 Å². The number of hydrogen-bond acceptors (Lipinski definition) is 5. The van der Waals surface area contributed by atoms with Gasteiger partial charge in [-0.05, 0) is 25.2 Å². The fraction of sp³-hybridized carbons (Fsp3) is 0.778. The van der Waals surface area contributed by atoms with Gasteiger partial charge < -0.3 is 0 Å². The van der Waals surface area contributed by atoms with Gasteiger partial charge in [-0.2, -0.15) is 0 Å². The van der Waals surface area contributed by atoms with Crippen molar-refractivity contribution in [1.29, 1.82) is 0 Å². The molecule has 0 amide bonds. The van der Waals surface area contributed by atoms with Gasteiger partial charge in [-0.25, -0.2) is 10.3 Å². The van der Waals surface area contributed by atoms with Gasteiger partial charge in [0.1, 0.15) is 6.23 Å². The molecule has 14 heavy (non-hydrogen) atoms. The first kappa shape index (κ1) is 8.52. The molecule has 2 bridgehead atoms. The lowest BCUT2D eigenvalue weighted by molar-refractivity contribution is -0.381. The van der Waals surface area contributed by atoms with Gasteiger partial charge in [0, 0.05) is 19.3 Å². The lowest BCUT2D eigenvalue weighted by atomic mass is 10.0. The molecule has 2 saturated heterocycles. The first-order valence-corrected chi connectivity index (χ1v) is 5.21. The van der Waals surface area contributed by atoms with E-state index in [0.29, 0.717) is 0 Å². The number of hydrogen-bond donors (Lipinski definition) is 1. The first-order chi connectivity index (χ1) is 6.92. The molecule has 78 valence electrons. The molecule has 5 heteroatoms. The highest BCUT2D eigenvalue weighted by molar-refractivity contribution is 4.84. The Labute approximate surface area is 83.1 Å². The molecule has 3 heterocycles. The maximum atomic E-state index is 5.67. The smallest absolute Gasteiger partial charge is 0.141 e. The summed E-state index contributed by atoms with van der Waals surface area (Å²) in [5.74, 6) is 0.906. The minimum atomic E-state index is 0.193. The number of piperidine rings is 1. The average Bonchev–Trinajstić information content (AvgIpc) is 2.80. The van der Waals surface area contributed by atoms with Gasteiger partial charge >= 0.3 is 0 Å². The van der Waals surface area contributed by atoms with Crippen LogP contribution in [0.4, 0.5) is 0 Å². The predicted octanol–water partition coefficient (Wildman–Crippen LogP) is 0.583. The zero-order chi connectivity index (χ0) is 9.38. The van der Waals surface area contributed by atoms with Gasteiger partial charge in [0.2, 0.25) is 0 Å². The molecule has 5 nitrogen and oxygen atoms in total. The van der Waals surface area contributed by atoms with Gasteiger partial charge in [-0.1, -0.05) is 0 Å². The van der Waals surface area contributed by atoms with E-state index in [-0.39, 0.29) is 6.23 Å². The highest BCUT2D eigenvalue weighted by atomic mass is 17.0. The SMILES string of the molecule is C1=CN(OC2CCC3CCN2C3)ON1. The molecule has 0 radical (unpaired) electrons. The van der Waals surface area contributed by atoms with E-state index in [1.54, 1.807) is 12.4 Å². The number of rotatable bonds is 2. The number of hydroxylamine groups is 3. The van der Waals surface area contributed by atoms with Crippen LogP contribution in [0, 0.1) is 5.92 Å². The molecule has 3 unspecified atom stereocenters. The van der Waals surface area contributed by atoms with Crippen LogP contribution in [0.3, 0.4) is 0 Å². The second kappa shape index (κ2) is 3.42. The van der Waals surface area contributed by atoms with Crippen LogP contribution in [0.5, 0.6) is 0 Å². The van der Waals surface area contributed by atoms with Crippen molar-refractivity contribution in [2.24, 2.45) is 5.92 Å². The van der Waals surface area contributed by atoms with Crippen molar-refractivity contribution in [3.8, 4) is 0 Å². The third-order valence-electron chi connectivity index (χ3n) is 3.18. The number of nitrogens with one attached hydrogen (secondary N) is 1. The van der Waals surface area contributed by atoms with E-state index >= 15 is 0 Å². The Morgan fingerprint density at radius 2 is 2.36 bits per heavy atom. The summed E-state index contributed by atoms with van der Waals surface area (Å²) >= 11 is 0. The standard InChI is InChI=1S/C9H15N3O2/c1-2-9(11-5-3-8(1)7-11)13-12-6-4-10-14-12/h4,6,8-10H,1-3,5,7H2. The molecule has 2 fully saturated rings. The molecule has 0 aromatic rings. The second-order valence-corrected chi connectivity index (χ2v) is 4.10. The van der Waals surface area contributed by atoms with Crippen LogP contribution in [0.15, 0.2) is 12.4 Å². The third-order valence-corrected chi connectivity index (χ3v) is 3.18. The van der Waals surface area contributed by atoms with Gasteiger partial charge in [-0.15, -0.1) is 10.2 Å². The van der Waals surface area contributed by atoms with Crippen molar-refractivity contribution in [2.45, 2.75) is 25.5 Å². The largest absolute Gasteiger partial charge is 0.276 e. The van der Waals surface area contributed by atoms with E-state index in [2.05, 4.69) is 10.4 Å². The Morgan fingerprint density at radius 1 is 1.36 bits per heavy atom. The quantitative estimate of drug-likeness (QED) is 0.701. The summed E-state index contributed by atoms with van der Waals surface area (Å²) in [7, 11) is 0. The van der Waals surface area contributed by atoms with E-state index in [9.17, 15) is 0 Å². The monoisotopic (exact) mass is 197 g/mol. The summed E-state index contributed by atoms with van der Waals surface area (Å²) in [5, 5.41) is 1.39. The first-order valence-electron chi connectivity index (χ1n) is 5.21. The fourth-order valence-electron chi connectivity index (χ4n) is 2.42. The predicted molar refractivity (Wildman–Crippen MR) is 49.0 cm³/mol. The molecule has 3 rings (SSSR count). The van der Waals surface area contributed by atoms with E-state index < -0.39 is 0 Å². The minimum absolute atomic E-state index is 0.193. The van der Waals surface area contributed by atoms with Gasteiger partial charge in [0.25, 0.3) is 0 Å². The topological polar surface area (TPSA) is 37.0 Å². The van der Waals surface area contributed by atoms with Crippen molar-refractivity contribution in [3.63, 3.8) is 0 Å². The minimum Gasteiger partial charge on any atom is -0.276 e. The normalized spacial score (nSPS) is 40.3. The van der Waals surface area contributed by atoms with Gasteiger partial charge in [-0.3, -0.25) is 4.90 Å². The Bertz CT molecular complexity index is 246. The second-order valence-electron chi connectivity index (χ2n) is 4.10. The molecule has 0 spiro atoms. The van der Waals surface area contributed by atoms with Crippen LogP contribution < -0.4 is 5.48 Å². The van der Waals surface area contributed by atoms with Gasteiger partial charge in [0.05, 0.1) is 6.20 Å². The molecule has 0 aliphatic carbocycles. The maximum absolute atomic E-state index is 5.67. The van der Waals surface area contributed by atoms with E-state index in [1.807, 2.05) is 0 Å². The molecule has 3 aliphatic rings. The van der Waals surface area contributed by atoms with Crippen LogP contribution in [0.25, 0.3) is 0 Å². The molecule has 3 atom stereocenters. The van der Waals surface area contributed by atoms with Crippen LogP contribution in [0.2, 0.25) is 0 Å². The van der Waals surface area contributed by atoms with E-state index in [4.69, 9.17) is 9.78 Å². The Kier molecular flexibility index (Phi) is 2.08. The molecule has 1 N–H and O–H groups in total. The fourth-order valence-corrected chi connectivity index (χ4v) is 2.42. The van der Waals surface area contributed by atoms with Crippen LogP contribution in [-0.2, 0) is 9.78 Å². The highest BCUT2D eigenvalue weighted by Gasteiger charge is 2.35. The summed E-state index contributed by atoms with van der Waals surface area (Å²) < 4.78 is 0. The Hall–Kier alpha value is -0.780. The van der Waals surface area contributed by atoms with Crippen molar-refractivity contribution < 1.29 is 9.78 Å². The van der Waals surface area contributed by atoms with Crippen molar-refractivity contribution >= 4 is 0 Å². The maximum Gasteiger partial charge on any atom is 0.141 e. The van der Waals surface area contributed by atoms with Crippen molar-refractivity contribution in [3.05, 3.63) is 12.4 Å². The Balaban J connectivity index is 1.59. The van der Waals surface area contributed by atoms with Crippen LogP contribution in [-0.4, -0.2) is 29.4 Å². The lowest BCUT2D eigenvalue weighted by Gasteiger charge is -2.32. The highest BCUT2D eigenvalue weighted by Crippen LogP contribution is 2.31. The molecule has 0 aromatic heterocycles. The summed E-state index contributed by atoms with van der Waals surface area (Å²) in [4.78, 5) is 13.0.